The fourth-order valence-electron chi connectivity index (χ4n) is 1.35. The van der Waals surface area contributed by atoms with E-state index in [9.17, 15) is 4.79 Å². The van der Waals surface area contributed by atoms with Crippen LogP contribution in [-0.2, 0) is 11.3 Å². The first-order valence-electron chi connectivity index (χ1n) is 5.56. The van der Waals surface area contributed by atoms with Gasteiger partial charge < -0.3 is 15.6 Å². The van der Waals surface area contributed by atoms with E-state index in [4.69, 9.17) is 5.73 Å². The Kier molecular flexibility index (Phi) is 5.43. The van der Waals surface area contributed by atoms with E-state index in [1.807, 2.05) is 25.3 Å². The summed E-state index contributed by atoms with van der Waals surface area (Å²) < 4.78 is 1.92. The van der Waals surface area contributed by atoms with Crippen molar-refractivity contribution in [2.45, 2.75) is 38.5 Å². The maximum atomic E-state index is 11.5. The van der Waals surface area contributed by atoms with Crippen molar-refractivity contribution < 1.29 is 4.79 Å². The fourth-order valence-corrected chi connectivity index (χ4v) is 2.17. The predicted molar refractivity (Wildman–Crippen MR) is 67.8 cm³/mol. The standard InChI is InChI=1S/C10H19N5OS/c1-7(2)12-9(16)6-17-10-14-13-8(3)15(10)5-4-11/h7H,4-6,11H2,1-3H3,(H,12,16). The first kappa shape index (κ1) is 14.0. The molecule has 0 aliphatic rings. The molecule has 7 heteroatoms. The molecule has 0 unspecified atom stereocenters. The summed E-state index contributed by atoms with van der Waals surface area (Å²) in [5.74, 6) is 1.17. The predicted octanol–water partition coefficient (Wildman–Crippen LogP) is 0.162. The van der Waals surface area contributed by atoms with Gasteiger partial charge in [-0.2, -0.15) is 0 Å². The number of aryl methyl sites for hydroxylation is 1. The van der Waals surface area contributed by atoms with Crippen molar-refractivity contribution in [3.8, 4) is 0 Å². The lowest BCUT2D eigenvalue weighted by atomic mass is 10.4. The quantitative estimate of drug-likeness (QED) is 0.709. The number of aromatic nitrogens is 3. The summed E-state index contributed by atoms with van der Waals surface area (Å²) in [4.78, 5) is 11.5. The summed E-state index contributed by atoms with van der Waals surface area (Å²) in [7, 11) is 0. The zero-order chi connectivity index (χ0) is 12.8. The maximum absolute atomic E-state index is 11.5. The molecule has 1 aromatic rings. The molecule has 6 nitrogen and oxygen atoms in total. The van der Waals surface area contributed by atoms with Crippen LogP contribution in [0.1, 0.15) is 19.7 Å². The Balaban J connectivity index is 2.54. The third-order valence-electron chi connectivity index (χ3n) is 2.04. The highest BCUT2D eigenvalue weighted by atomic mass is 32.2. The Morgan fingerprint density at radius 1 is 1.53 bits per heavy atom. The van der Waals surface area contributed by atoms with Crippen LogP contribution in [0.25, 0.3) is 0 Å². The molecule has 1 aromatic heterocycles. The van der Waals surface area contributed by atoms with Crippen molar-refractivity contribution in [2.24, 2.45) is 5.73 Å². The Bertz CT molecular complexity index is 377. The average Bonchev–Trinajstić information content (AvgIpc) is 2.57. The highest BCUT2D eigenvalue weighted by Gasteiger charge is 2.11. The van der Waals surface area contributed by atoms with Gasteiger partial charge in [0, 0.05) is 19.1 Å². The summed E-state index contributed by atoms with van der Waals surface area (Å²) in [5, 5.41) is 11.6. The van der Waals surface area contributed by atoms with Crippen LogP contribution in [0.5, 0.6) is 0 Å². The van der Waals surface area contributed by atoms with Gasteiger partial charge in [-0.05, 0) is 20.8 Å². The SMILES string of the molecule is Cc1nnc(SCC(=O)NC(C)C)n1CCN. The van der Waals surface area contributed by atoms with E-state index in [1.54, 1.807) is 0 Å². The molecular weight excluding hydrogens is 238 g/mol. The Morgan fingerprint density at radius 3 is 2.82 bits per heavy atom. The van der Waals surface area contributed by atoms with Gasteiger partial charge in [-0.1, -0.05) is 11.8 Å². The monoisotopic (exact) mass is 257 g/mol. The van der Waals surface area contributed by atoms with Crippen LogP contribution >= 0.6 is 11.8 Å². The second-order valence-corrected chi connectivity index (χ2v) is 4.92. The lowest BCUT2D eigenvalue weighted by molar-refractivity contribution is -0.119. The molecule has 0 saturated heterocycles. The van der Waals surface area contributed by atoms with Crippen molar-refractivity contribution in [1.29, 1.82) is 0 Å². The van der Waals surface area contributed by atoms with E-state index in [2.05, 4.69) is 15.5 Å². The number of amides is 1. The van der Waals surface area contributed by atoms with E-state index >= 15 is 0 Å². The molecule has 0 aromatic carbocycles. The van der Waals surface area contributed by atoms with Gasteiger partial charge in [0.25, 0.3) is 0 Å². The van der Waals surface area contributed by atoms with Gasteiger partial charge in [-0.25, -0.2) is 0 Å². The van der Waals surface area contributed by atoms with Gasteiger partial charge in [-0.15, -0.1) is 10.2 Å². The third-order valence-corrected chi connectivity index (χ3v) is 3.00. The molecule has 3 N–H and O–H groups in total. The van der Waals surface area contributed by atoms with E-state index in [0.29, 0.717) is 18.8 Å². The van der Waals surface area contributed by atoms with Crippen molar-refractivity contribution in [3.05, 3.63) is 5.82 Å². The van der Waals surface area contributed by atoms with Gasteiger partial charge in [0.05, 0.1) is 5.75 Å². The lowest BCUT2D eigenvalue weighted by Gasteiger charge is -2.08. The van der Waals surface area contributed by atoms with E-state index < -0.39 is 0 Å². The number of carbonyl (C=O) groups excluding carboxylic acids is 1. The molecule has 0 radical (unpaired) electrons. The van der Waals surface area contributed by atoms with Crippen LogP contribution in [0.4, 0.5) is 0 Å². The molecule has 1 rings (SSSR count). The number of carbonyl (C=O) groups is 1. The van der Waals surface area contributed by atoms with E-state index in [1.165, 1.54) is 11.8 Å². The van der Waals surface area contributed by atoms with Crippen molar-refractivity contribution in [1.82, 2.24) is 20.1 Å². The number of hydrogen-bond donors (Lipinski definition) is 2. The number of nitrogens with two attached hydrogens (primary N) is 1. The molecule has 0 bridgehead atoms. The number of thioether (sulfide) groups is 1. The van der Waals surface area contributed by atoms with Crippen molar-refractivity contribution in [3.63, 3.8) is 0 Å². The molecule has 96 valence electrons. The van der Waals surface area contributed by atoms with Crippen molar-refractivity contribution in [2.75, 3.05) is 12.3 Å². The van der Waals surface area contributed by atoms with E-state index in [-0.39, 0.29) is 11.9 Å². The highest BCUT2D eigenvalue weighted by molar-refractivity contribution is 7.99. The molecule has 0 aliphatic heterocycles. The molecule has 0 saturated carbocycles. The molecular formula is C10H19N5OS. The summed E-state index contributed by atoms with van der Waals surface area (Å²) in [6.45, 7) is 6.95. The number of rotatable bonds is 6. The van der Waals surface area contributed by atoms with Crippen LogP contribution < -0.4 is 11.1 Å². The Hall–Kier alpha value is -1.08. The zero-order valence-corrected chi connectivity index (χ0v) is 11.3. The molecule has 0 spiro atoms. The van der Waals surface area contributed by atoms with Gasteiger partial charge >= 0.3 is 0 Å². The van der Waals surface area contributed by atoms with Crippen LogP contribution in [0.15, 0.2) is 5.16 Å². The summed E-state index contributed by atoms with van der Waals surface area (Å²) in [5.41, 5.74) is 5.51. The molecule has 0 aliphatic carbocycles. The second kappa shape index (κ2) is 6.61. The van der Waals surface area contributed by atoms with Gasteiger partial charge in [-0.3, -0.25) is 4.79 Å². The Labute approximate surface area is 105 Å². The molecule has 0 atom stereocenters. The molecule has 1 amide bonds. The normalized spacial score (nSPS) is 10.9. The zero-order valence-electron chi connectivity index (χ0n) is 10.4. The summed E-state index contributed by atoms with van der Waals surface area (Å²) in [6, 6.07) is 0.159. The minimum absolute atomic E-state index is 0.00458. The maximum Gasteiger partial charge on any atom is 0.230 e. The summed E-state index contributed by atoms with van der Waals surface area (Å²) >= 11 is 1.38. The summed E-state index contributed by atoms with van der Waals surface area (Å²) in [6.07, 6.45) is 0. The van der Waals surface area contributed by atoms with Crippen LogP contribution in [0, 0.1) is 6.92 Å². The minimum atomic E-state index is 0.00458. The van der Waals surface area contributed by atoms with Crippen LogP contribution in [-0.4, -0.2) is 39.0 Å². The number of nitrogens with one attached hydrogen (secondary N) is 1. The first-order chi connectivity index (χ1) is 8.04. The molecule has 1 heterocycles. The Morgan fingerprint density at radius 2 is 2.24 bits per heavy atom. The second-order valence-electron chi connectivity index (χ2n) is 3.98. The minimum Gasteiger partial charge on any atom is -0.353 e. The average molecular weight is 257 g/mol. The fraction of sp³-hybridized carbons (Fsp3) is 0.700. The smallest absolute Gasteiger partial charge is 0.230 e. The van der Waals surface area contributed by atoms with E-state index in [0.717, 1.165) is 11.0 Å². The molecule has 17 heavy (non-hydrogen) atoms. The first-order valence-corrected chi connectivity index (χ1v) is 6.55. The third kappa shape index (κ3) is 4.35. The van der Waals surface area contributed by atoms with Gasteiger partial charge in [0.15, 0.2) is 5.16 Å². The highest BCUT2D eigenvalue weighted by Crippen LogP contribution is 2.16. The van der Waals surface area contributed by atoms with Crippen LogP contribution in [0.3, 0.4) is 0 Å². The van der Waals surface area contributed by atoms with Crippen LogP contribution in [0.2, 0.25) is 0 Å². The molecule has 0 fully saturated rings. The number of hydrogen-bond acceptors (Lipinski definition) is 5. The van der Waals surface area contributed by atoms with Gasteiger partial charge in [0.2, 0.25) is 5.91 Å². The van der Waals surface area contributed by atoms with Crippen molar-refractivity contribution >= 4 is 17.7 Å². The van der Waals surface area contributed by atoms with Gasteiger partial charge in [0.1, 0.15) is 5.82 Å². The number of nitrogens with zero attached hydrogens (tertiary/aromatic N) is 3. The lowest BCUT2D eigenvalue weighted by Crippen LogP contribution is -2.31. The largest absolute Gasteiger partial charge is 0.353 e. The topological polar surface area (TPSA) is 85.8 Å².